The molecule has 3 rings (SSSR count). The van der Waals surface area contributed by atoms with Gasteiger partial charge in [0.05, 0.1) is 12.6 Å². The zero-order chi connectivity index (χ0) is 27.7. The van der Waals surface area contributed by atoms with E-state index in [0.29, 0.717) is 25.1 Å². The lowest BCUT2D eigenvalue weighted by atomic mass is 9.84. The normalized spacial score (nSPS) is 12.6. The number of unbranched alkanes of at least 4 members (excludes halogenated alkanes) is 1. The van der Waals surface area contributed by atoms with Gasteiger partial charge in [-0.2, -0.15) is 0 Å². The van der Waals surface area contributed by atoms with Crippen molar-refractivity contribution < 1.29 is 18.3 Å². The van der Waals surface area contributed by atoms with Crippen molar-refractivity contribution in [2.75, 3.05) is 13.2 Å². The van der Waals surface area contributed by atoms with Crippen LogP contribution in [0.15, 0.2) is 60.8 Å². The molecule has 1 aromatic heterocycles. The molecule has 0 aliphatic carbocycles. The van der Waals surface area contributed by atoms with Gasteiger partial charge in [0.15, 0.2) is 0 Å². The van der Waals surface area contributed by atoms with E-state index in [1.54, 1.807) is 0 Å². The van der Waals surface area contributed by atoms with Gasteiger partial charge in [0.25, 0.3) is 0 Å². The third kappa shape index (κ3) is 8.91. The van der Waals surface area contributed by atoms with Crippen molar-refractivity contribution >= 4 is 14.8 Å². The molecule has 0 saturated heterocycles. The van der Waals surface area contributed by atoms with Crippen LogP contribution in [0.2, 0.25) is 19.1 Å². The van der Waals surface area contributed by atoms with Crippen LogP contribution in [0.5, 0.6) is 0 Å². The average molecular weight is 540 g/mol. The van der Waals surface area contributed by atoms with E-state index in [-0.39, 0.29) is 31.8 Å². The van der Waals surface area contributed by atoms with Crippen LogP contribution in [0.3, 0.4) is 0 Å². The number of nitrogens with zero attached hydrogens (tertiary/aromatic N) is 1. The standard InChI is InChI=1S/C31H41F2N2O2Si/c1-31(2,3)30(34-16-10-9-13-29(36)37-17-18-38(4)5)28-19-24(26-20-25(32)14-15-27(26)33)22-35(28)21-23-11-7-6-8-12-23/h6-8,11-12,14-15,19-20,22,30,34H,9-10,13,16-18,21H2,1-5H3. The third-order valence-corrected chi connectivity index (χ3v) is 7.75. The molecule has 0 saturated carbocycles. The topological polar surface area (TPSA) is 43.3 Å². The molecule has 1 radical (unpaired) electrons. The van der Waals surface area contributed by atoms with Gasteiger partial charge in [-0.3, -0.25) is 4.79 Å². The van der Waals surface area contributed by atoms with Crippen LogP contribution in [0, 0.1) is 17.0 Å². The monoisotopic (exact) mass is 539 g/mol. The summed E-state index contributed by atoms with van der Waals surface area (Å²) in [5, 5.41) is 3.69. The quantitative estimate of drug-likeness (QED) is 0.138. The Kier molecular flexibility index (Phi) is 10.9. The number of benzene rings is 2. The molecule has 0 fully saturated rings. The van der Waals surface area contributed by atoms with Gasteiger partial charge in [-0.05, 0) is 60.7 Å². The Morgan fingerprint density at radius 2 is 1.79 bits per heavy atom. The van der Waals surface area contributed by atoms with E-state index in [1.807, 2.05) is 30.5 Å². The fourth-order valence-corrected chi connectivity index (χ4v) is 5.00. The fraction of sp³-hybridized carbons (Fsp3) is 0.452. The van der Waals surface area contributed by atoms with Crippen LogP contribution in [0.25, 0.3) is 11.1 Å². The summed E-state index contributed by atoms with van der Waals surface area (Å²) in [5.74, 6) is -1.04. The highest BCUT2D eigenvalue weighted by Crippen LogP contribution is 2.37. The predicted molar refractivity (Wildman–Crippen MR) is 153 cm³/mol. The minimum Gasteiger partial charge on any atom is -0.466 e. The summed E-state index contributed by atoms with van der Waals surface area (Å²) in [6.45, 7) is 12.8. The molecule has 1 N–H and O–H groups in total. The summed E-state index contributed by atoms with van der Waals surface area (Å²) < 4.78 is 36.2. The number of hydrogen-bond acceptors (Lipinski definition) is 3. The molecule has 0 spiro atoms. The van der Waals surface area contributed by atoms with Crippen molar-refractivity contribution in [1.82, 2.24) is 9.88 Å². The van der Waals surface area contributed by atoms with Crippen molar-refractivity contribution in [3.05, 3.63) is 83.7 Å². The number of hydrogen-bond donors (Lipinski definition) is 1. The molecular weight excluding hydrogens is 498 g/mol. The summed E-state index contributed by atoms with van der Waals surface area (Å²) in [5.41, 5.74) is 2.89. The van der Waals surface area contributed by atoms with E-state index >= 15 is 0 Å². The molecule has 0 bridgehead atoms. The van der Waals surface area contributed by atoms with Crippen LogP contribution in [0.1, 0.15) is 57.3 Å². The summed E-state index contributed by atoms with van der Waals surface area (Å²) in [6.07, 6.45) is 3.92. The van der Waals surface area contributed by atoms with Gasteiger partial charge in [-0.15, -0.1) is 0 Å². The molecule has 3 aromatic rings. The van der Waals surface area contributed by atoms with Crippen LogP contribution in [-0.4, -0.2) is 32.5 Å². The molecule has 1 heterocycles. The largest absolute Gasteiger partial charge is 0.466 e. The average Bonchev–Trinajstić information content (AvgIpc) is 3.25. The highest BCUT2D eigenvalue weighted by Gasteiger charge is 2.29. The first-order chi connectivity index (χ1) is 18.0. The van der Waals surface area contributed by atoms with Gasteiger partial charge in [0.1, 0.15) is 11.6 Å². The molecule has 7 heteroatoms. The highest BCUT2D eigenvalue weighted by atomic mass is 28.3. The minimum atomic E-state index is -0.464. The zero-order valence-electron chi connectivity index (χ0n) is 23.3. The lowest BCUT2D eigenvalue weighted by Crippen LogP contribution is -2.34. The Morgan fingerprint density at radius 3 is 2.47 bits per heavy atom. The second-order valence-corrected chi connectivity index (χ2v) is 14.2. The lowest BCUT2D eigenvalue weighted by Gasteiger charge is -2.33. The van der Waals surface area contributed by atoms with E-state index in [9.17, 15) is 13.6 Å². The maximum Gasteiger partial charge on any atom is 0.305 e. The van der Waals surface area contributed by atoms with E-state index in [4.69, 9.17) is 4.74 Å². The van der Waals surface area contributed by atoms with Crippen molar-refractivity contribution in [2.24, 2.45) is 5.41 Å². The van der Waals surface area contributed by atoms with Gasteiger partial charge in [0, 0.05) is 44.8 Å². The van der Waals surface area contributed by atoms with Gasteiger partial charge in [0.2, 0.25) is 0 Å². The van der Waals surface area contributed by atoms with Crippen molar-refractivity contribution in [3.8, 4) is 11.1 Å². The maximum atomic E-state index is 14.7. The van der Waals surface area contributed by atoms with Crippen LogP contribution < -0.4 is 5.32 Å². The van der Waals surface area contributed by atoms with Gasteiger partial charge in [-0.25, -0.2) is 8.78 Å². The summed E-state index contributed by atoms with van der Waals surface area (Å²) in [4.78, 5) is 12.0. The Bertz CT molecular complexity index is 1170. The van der Waals surface area contributed by atoms with Crippen LogP contribution >= 0.6 is 0 Å². The molecule has 1 unspecified atom stereocenters. The van der Waals surface area contributed by atoms with Crippen molar-refractivity contribution in [1.29, 1.82) is 0 Å². The van der Waals surface area contributed by atoms with E-state index in [1.165, 1.54) is 12.1 Å². The molecular formula is C31H41F2N2O2Si. The number of aromatic nitrogens is 1. The predicted octanol–water partition coefficient (Wildman–Crippen LogP) is 7.63. The summed E-state index contributed by atoms with van der Waals surface area (Å²) in [7, 11) is -0.381. The zero-order valence-corrected chi connectivity index (χ0v) is 24.3. The molecule has 205 valence electrons. The summed E-state index contributed by atoms with van der Waals surface area (Å²) >= 11 is 0. The first kappa shape index (κ1) is 29.8. The SMILES string of the molecule is C[Si](C)CCOC(=O)CCCCNC(c1cc(-c2cc(F)ccc2F)cn1Cc1ccccc1)C(C)(C)C. The molecule has 0 aliphatic rings. The molecule has 0 aliphatic heterocycles. The summed E-state index contributed by atoms with van der Waals surface area (Å²) in [6, 6.07) is 16.6. The number of carbonyl (C=O) groups is 1. The first-order valence-electron chi connectivity index (χ1n) is 13.4. The van der Waals surface area contributed by atoms with E-state index in [2.05, 4.69) is 55.9 Å². The smallest absolute Gasteiger partial charge is 0.305 e. The molecule has 38 heavy (non-hydrogen) atoms. The number of rotatable bonds is 13. The second kappa shape index (κ2) is 13.9. The Morgan fingerprint density at radius 1 is 1.05 bits per heavy atom. The second-order valence-electron chi connectivity index (χ2n) is 11.3. The Hall–Kier alpha value is -2.77. The Balaban J connectivity index is 1.77. The number of ether oxygens (including phenoxy) is 1. The van der Waals surface area contributed by atoms with Gasteiger partial charge in [-0.1, -0.05) is 64.2 Å². The van der Waals surface area contributed by atoms with Gasteiger partial charge >= 0.3 is 5.97 Å². The lowest BCUT2D eigenvalue weighted by molar-refractivity contribution is -0.143. The number of nitrogens with one attached hydrogen (secondary N) is 1. The van der Waals surface area contributed by atoms with E-state index < -0.39 is 11.6 Å². The molecule has 2 aromatic carbocycles. The van der Waals surface area contributed by atoms with Crippen molar-refractivity contribution in [2.45, 2.75) is 71.8 Å². The fourth-order valence-electron chi connectivity index (χ4n) is 4.49. The highest BCUT2D eigenvalue weighted by molar-refractivity contribution is 6.55. The number of esters is 1. The van der Waals surface area contributed by atoms with Crippen LogP contribution in [-0.2, 0) is 16.1 Å². The molecule has 1 atom stereocenters. The molecule has 0 amide bonds. The number of halogens is 2. The van der Waals surface area contributed by atoms with E-state index in [0.717, 1.165) is 42.8 Å². The van der Waals surface area contributed by atoms with Crippen molar-refractivity contribution in [3.63, 3.8) is 0 Å². The van der Waals surface area contributed by atoms with Crippen LogP contribution in [0.4, 0.5) is 8.78 Å². The molecule has 4 nitrogen and oxygen atoms in total. The number of carbonyl (C=O) groups excluding carboxylic acids is 1. The Labute approximate surface area is 228 Å². The minimum absolute atomic E-state index is 0.0433. The maximum absolute atomic E-state index is 14.7. The van der Waals surface area contributed by atoms with Gasteiger partial charge < -0.3 is 14.6 Å². The first-order valence-corrected chi connectivity index (χ1v) is 16.1. The third-order valence-electron chi connectivity index (χ3n) is 6.55.